The molecule has 1 fully saturated rings. The summed E-state index contributed by atoms with van der Waals surface area (Å²) in [5, 5.41) is 0. The van der Waals surface area contributed by atoms with Crippen LogP contribution in [0.1, 0.15) is 57.1 Å². The zero-order chi connectivity index (χ0) is 12.8. The molecular weight excluding hydrogens is 256 g/mol. The van der Waals surface area contributed by atoms with Crippen LogP contribution in [0, 0.1) is 0 Å². The second-order valence-corrected chi connectivity index (χ2v) is 5.36. The Bertz CT molecular complexity index is 362. The first kappa shape index (κ1) is 16.3. The van der Waals surface area contributed by atoms with Crippen LogP contribution in [0.25, 0.3) is 0 Å². The third-order valence-corrected chi connectivity index (χ3v) is 3.90. The maximum Gasteiger partial charge on any atom is 0.0414 e. The number of unbranched alkanes of at least 4 members (excludes halogenated alkanes) is 1. The fourth-order valence-electron chi connectivity index (χ4n) is 2.80. The van der Waals surface area contributed by atoms with Crippen molar-refractivity contribution < 1.29 is 0 Å². The van der Waals surface area contributed by atoms with Gasteiger partial charge >= 0.3 is 0 Å². The van der Waals surface area contributed by atoms with Crippen LogP contribution in [0.4, 0.5) is 5.69 Å². The quantitative estimate of drug-likeness (QED) is 0.873. The van der Waals surface area contributed by atoms with Crippen LogP contribution in [0.2, 0.25) is 0 Å². The van der Waals surface area contributed by atoms with Crippen molar-refractivity contribution in [1.82, 2.24) is 0 Å². The van der Waals surface area contributed by atoms with Gasteiger partial charge in [0.2, 0.25) is 0 Å². The van der Waals surface area contributed by atoms with Gasteiger partial charge in [-0.3, -0.25) is 0 Å². The molecule has 1 aromatic rings. The first-order chi connectivity index (χ1) is 8.83. The van der Waals surface area contributed by atoms with Gasteiger partial charge < -0.3 is 10.6 Å². The van der Waals surface area contributed by atoms with Gasteiger partial charge in [0.15, 0.2) is 0 Å². The Morgan fingerprint density at radius 1 is 1.16 bits per heavy atom. The van der Waals surface area contributed by atoms with E-state index in [1.54, 1.807) is 0 Å². The first-order valence-corrected chi connectivity index (χ1v) is 7.42. The molecular formula is C16H27ClN2. The van der Waals surface area contributed by atoms with Gasteiger partial charge in [-0.25, -0.2) is 0 Å². The minimum Gasteiger partial charge on any atom is -0.371 e. The maximum absolute atomic E-state index is 6.36. The van der Waals surface area contributed by atoms with E-state index in [4.69, 9.17) is 5.73 Å². The van der Waals surface area contributed by atoms with E-state index in [9.17, 15) is 0 Å². The van der Waals surface area contributed by atoms with E-state index in [1.165, 1.54) is 56.4 Å². The summed E-state index contributed by atoms with van der Waals surface area (Å²) >= 11 is 0. The number of halogens is 1. The monoisotopic (exact) mass is 282 g/mol. The number of anilines is 1. The molecule has 0 radical (unpaired) electrons. The lowest BCUT2D eigenvalue weighted by Crippen LogP contribution is -2.31. The van der Waals surface area contributed by atoms with Crippen molar-refractivity contribution in [3.05, 3.63) is 29.8 Å². The third kappa shape index (κ3) is 4.39. The van der Waals surface area contributed by atoms with E-state index in [1.807, 2.05) is 0 Å². The summed E-state index contributed by atoms with van der Waals surface area (Å²) in [6.07, 6.45) is 7.55. The molecule has 2 rings (SSSR count). The Morgan fingerprint density at radius 2 is 1.84 bits per heavy atom. The van der Waals surface area contributed by atoms with Gasteiger partial charge in [0.1, 0.15) is 0 Å². The molecule has 1 saturated heterocycles. The van der Waals surface area contributed by atoms with E-state index in [-0.39, 0.29) is 18.4 Å². The number of hydrogen-bond donors (Lipinski definition) is 1. The molecule has 0 saturated carbocycles. The van der Waals surface area contributed by atoms with E-state index in [0.29, 0.717) is 0 Å². The van der Waals surface area contributed by atoms with Crippen LogP contribution in [0.15, 0.2) is 24.3 Å². The predicted molar refractivity (Wildman–Crippen MR) is 86.2 cm³/mol. The van der Waals surface area contributed by atoms with E-state index in [0.717, 1.165) is 6.42 Å². The fourth-order valence-corrected chi connectivity index (χ4v) is 2.80. The predicted octanol–water partition coefficient (Wildman–Crippen LogP) is 4.29. The summed E-state index contributed by atoms with van der Waals surface area (Å²) < 4.78 is 0. The van der Waals surface area contributed by atoms with Gasteiger partial charge in [-0.05, 0) is 37.3 Å². The molecule has 3 heteroatoms. The zero-order valence-corrected chi connectivity index (χ0v) is 12.8. The van der Waals surface area contributed by atoms with Crippen molar-refractivity contribution in [1.29, 1.82) is 0 Å². The number of rotatable bonds is 5. The molecule has 0 spiro atoms. The van der Waals surface area contributed by atoms with Crippen molar-refractivity contribution in [3.63, 3.8) is 0 Å². The molecule has 1 atom stereocenters. The number of nitrogens with zero attached hydrogens (tertiary/aromatic N) is 1. The standard InChI is InChI=1S/C16H26N2.ClH/c1-2-3-10-15(17)14-9-5-6-11-16(14)18-12-7-4-8-13-18;/h5-6,9,11,15H,2-4,7-8,10,12-13,17H2,1H3;1H. The SMILES string of the molecule is CCCCC(N)c1ccccc1N1CCCCC1.Cl. The molecule has 108 valence electrons. The van der Waals surface area contributed by atoms with E-state index >= 15 is 0 Å². The van der Waals surface area contributed by atoms with Gasteiger partial charge in [0, 0.05) is 24.8 Å². The Labute approximate surface area is 123 Å². The van der Waals surface area contributed by atoms with Crippen molar-refractivity contribution in [2.75, 3.05) is 18.0 Å². The Hall–Kier alpha value is -0.730. The third-order valence-electron chi connectivity index (χ3n) is 3.90. The molecule has 2 N–H and O–H groups in total. The molecule has 0 aliphatic carbocycles. The molecule has 2 nitrogen and oxygen atoms in total. The molecule has 0 amide bonds. The van der Waals surface area contributed by atoms with Crippen LogP contribution >= 0.6 is 12.4 Å². The molecule has 0 aromatic heterocycles. The minimum absolute atomic E-state index is 0. The topological polar surface area (TPSA) is 29.3 Å². The minimum atomic E-state index is 0. The Balaban J connectivity index is 0.00000180. The van der Waals surface area contributed by atoms with Crippen LogP contribution < -0.4 is 10.6 Å². The molecule has 0 bridgehead atoms. The number of piperidine rings is 1. The molecule has 1 aromatic carbocycles. The molecule has 19 heavy (non-hydrogen) atoms. The van der Waals surface area contributed by atoms with Gasteiger partial charge in [0.25, 0.3) is 0 Å². The normalized spacial score (nSPS) is 16.8. The molecule has 1 heterocycles. The summed E-state index contributed by atoms with van der Waals surface area (Å²) in [6.45, 7) is 4.61. The number of para-hydroxylation sites is 1. The summed E-state index contributed by atoms with van der Waals surface area (Å²) in [6, 6.07) is 8.91. The molecule has 1 aliphatic rings. The Kier molecular flexibility index (Phi) is 7.25. The zero-order valence-electron chi connectivity index (χ0n) is 12.0. The number of nitrogens with two attached hydrogens (primary N) is 1. The summed E-state index contributed by atoms with van der Waals surface area (Å²) in [5.41, 5.74) is 9.08. The van der Waals surface area contributed by atoms with Gasteiger partial charge in [-0.2, -0.15) is 0 Å². The second kappa shape index (κ2) is 8.44. The van der Waals surface area contributed by atoms with Gasteiger partial charge in [-0.1, -0.05) is 38.0 Å². The van der Waals surface area contributed by atoms with Crippen molar-refractivity contribution in [3.8, 4) is 0 Å². The van der Waals surface area contributed by atoms with Crippen molar-refractivity contribution >= 4 is 18.1 Å². The molecule has 1 unspecified atom stereocenters. The molecule has 1 aliphatic heterocycles. The van der Waals surface area contributed by atoms with E-state index < -0.39 is 0 Å². The first-order valence-electron chi connectivity index (χ1n) is 7.42. The fraction of sp³-hybridized carbons (Fsp3) is 0.625. The van der Waals surface area contributed by atoms with Crippen molar-refractivity contribution in [2.45, 2.75) is 51.5 Å². The van der Waals surface area contributed by atoms with Crippen molar-refractivity contribution in [2.24, 2.45) is 5.73 Å². The smallest absolute Gasteiger partial charge is 0.0414 e. The van der Waals surface area contributed by atoms with Crippen LogP contribution in [-0.2, 0) is 0 Å². The largest absolute Gasteiger partial charge is 0.371 e. The highest BCUT2D eigenvalue weighted by Gasteiger charge is 2.17. The van der Waals surface area contributed by atoms with Crippen LogP contribution in [0.3, 0.4) is 0 Å². The summed E-state index contributed by atoms with van der Waals surface area (Å²) in [4.78, 5) is 2.52. The summed E-state index contributed by atoms with van der Waals surface area (Å²) in [7, 11) is 0. The number of hydrogen-bond acceptors (Lipinski definition) is 2. The van der Waals surface area contributed by atoms with E-state index in [2.05, 4.69) is 36.1 Å². The summed E-state index contributed by atoms with van der Waals surface area (Å²) in [5.74, 6) is 0. The average Bonchev–Trinajstić information content (AvgIpc) is 2.45. The Morgan fingerprint density at radius 3 is 2.53 bits per heavy atom. The second-order valence-electron chi connectivity index (χ2n) is 5.36. The lowest BCUT2D eigenvalue weighted by atomic mass is 9.98. The lowest BCUT2D eigenvalue weighted by Gasteiger charge is -2.32. The highest BCUT2D eigenvalue weighted by atomic mass is 35.5. The number of benzene rings is 1. The highest BCUT2D eigenvalue weighted by Crippen LogP contribution is 2.29. The van der Waals surface area contributed by atoms with Crippen LogP contribution in [0.5, 0.6) is 0 Å². The lowest BCUT2D eigenvalue weighted by molar-refractivity contribution is 0.566. The van der Waals surface area contributed by atoms with Gasteiger partial charge in [0.05, 0.1) is 0 Å². The van der Waals surface area contributed by atoms with Crippen LogP contribution in [-0.4, -0.2) is 13.1 Å². The highest BCUT2D eigenvalue weighted by molar-refractivity contribution is 5.85. The maximum atomic E-state index is 6.36. The average molecular weight is 283 g/mol. The van der Waals surface area contributed by atoms with Gasteiger partial charge in [-0.15, -0.1) is 12.4 Å².